The van der Waals surface area contributed by atoms with E-state index in [0.29, 0.717) is 6.04 Å². The molecule has 0 aliphatic carbocycles. The van der Waals surface area contributed by atoms with Gasteiger partial charge in [-0.1, -0.05) is 6.92 Å². The van der Waals surface area contributed by atoms with Gasteiger partial charge >= 0.3 is 0 Å². The molecule has 0 heterocycles. The van der Waals surface area contributed by atoms with E-state index in [9.17, 15) is 0 Å². The summed E-state index contributed by atoms with van der Waals surface area (Å²) in [6, 6.07) is 0.498. The quantitative estimate of drug-likeness (QED) is 0.754. The molecule has 0 aromatic heterocycles. The SMILES string of the molecule is CCN(C)C(C)c1c(C)c(C)c(C)c(C)c1C. The highest BCUT2D eigenvalue weighted by molar-refractivity contribution is 5.50. The minimum absolute atomic E-state index is 0.498. The van der Waals surface area contributed by atoms with E-state index in [1.807, 2.05) is 0 Å². The zero-order chi connectivity index (χ0) is 13.3. The van der Waals surface area contributed by atoms with E-state index in [4.69, 9.17) is 0 Å². The molecule has 0 saturated heterocycles. The fourth-order valence-corrected chi connectivity index (χ4v) is 2.65. The van der Waals surface area contributed by atoms with Gasteiger partial charge in [0.25, 0.3) is 0 Å². The van der Waals surface area contributed by atoms with Crippen molar-refractivity contribution in [1.29, 1.82) is 0 Å². The number of benzene rings is 1. The van der Waals surface area contributed by atoms with Gasteiger partial charge < -0.3 is 0 Å². The van der Waals surface area contributed by atoms with E-state index in [1.165, 1.54) is 33.4 Å². The van der Waals surface area contributed by atoms with Crippen LogP contribution in [0, 0.1) is 34.6 Å². The van der Waals surface area contributed by atoms with Gasteiger partial charge in [0.05, 0.1) is 0 Å². The Balaban J connectivity index is 3.44. The molecule has 1 rings (SSSR count). The topological polar surface area (TPSA) is 3.24 Å². The molecule has 0 saturated carbocycles. The third-order valence-electron chi connectivity index (χ3n) is 4.64. The zero-order valence-electron chi connectivity index (χ0n) is 12.7. The molecule has 1 unspecified atom stereocenters. The first-order valence-corrected chi connectivity index (χ1v) is 6.59. The van der Waals surface area contributed by atoms with E-state index >= 15 is 0 Å². The minimum atomic E-state index is 0.498. The zero-order valence-corrected chi connectivity index (χ0v) is 12.7. The number of nitrogens with zero attached hydrogens (tertiary/aromatic N) is 1. The lowest BCUT2D eigenvalue weighted by Gasteiger charge is -2.29. The maximum atomic E-state index is 2.41. The van der Waals surface area contributed by atoms with Gasteiger partial charge in [-0.15, -0.1) is 0 Å². The summed E-state index contributed by atoms with van der Waals surface area (Å²) in [6.45, 7) is 16.9. The number of rotatable bonds is 3. The van der Waals surface area contributed by atoms with E-state index in [-0.39, 0.29) is 0 Å². The van der Waals surface area contributed by atoms with Crippen LogP contribution in [0.15, 0.2) is 0 Å². The Kier molecular flexibility index (Phi) is 4.37. The molecule has 96 valence electrons. The highest BCUT2D eigenvalue weighted by atomic mass is 15.1. The second-order valence-electron chi connectivity index (χ2n) is 5.29. The predicted molar refractivity (Wildman–Crippen MR) is 76.8 cm³/mol. The van der Waals surface area contributed by atoms with Crippen LogP contribution in [0.1, 0.15) is 53.3 Å². The molecule has 0 radical (unpaired) electrons. The smallest absolute Gasteiger partial charge is 0.0322 e. The number of hydrogen-bond donors (Lipinski definition) is 0. The Labute approximate surface area is 107 Å². The molecule has 1 aromatic rings. The maximum absolute atomic E-state index is 2.41. The monoisotopic (exact) mass is 233 g/mol. The molecule has 1 aromatic carbocycles. The summed E-state index contributed by atoms with van der Waals surface area (Å²) in [6.07, 6.45) is 0. The van der Waals surface area contributed by atoms with Crippen molar-refractivity contribution in [2.24, 2.45) is 0 Å². The lowest BCUT2D eigenvalue weighted by molar-refractivity contribution is 0.274. The molecule has 1 heteroatoms. The Morgan fingerprint density at radius 3 is 1.53 bits per heavy atom. The normalized spacial score (nSPS) is 13.2. The first-order chi connectivity index (χ1) is 7.82. The van der Waals surface area contributed by atoms with Crippen LogP contribution in [-0.4, -0.2) is 18.5 Å². The van der Waals surface area contributed by atoms with Crippen molar-refractivity contribution in [1.82, 2.24) is 4.90 Å². The molecule has 0 bridgehead atoms. The molecule has 0 aliphatic rings. The largest absolute Gasteiger partial charge is 0.300 e. The van der Waals surface area contributed by atoms with Crippen LogP contribution >= 0.6 is 0 Å². The van der Waals surface area contributed by atoms with Gasteiger partial charge in [0.1, 0.15) is 0 Å². The van der Waals surface area contributed by atoms with Crippen LogP contribution in [0.4, 0.5) is 0 Å². The van der Waals surface area contributed by atoms with Crippen molar-refractivity contribution in [3.05, 3.63) is 33.4 Å². The van der Waals surface area contributed by atoms with Gasteiger partial charge in [-0.3, -0.25) is 4.90 Å². The summed E-state index contributed by atoms with van der Waals surface area (Å²) >= 11 is 0. The van der Waals surface area contributed by atoms with Gasteiger partial charge in [0.15, 0.2) is 0 Å². The molecule has 17 heavy (non-hydrogen) atoms. The molecule has 0 aliphatic heterocycles. The Morgan fingerprint density at radius 2 is 1.18 bits per heavy atom. The average molecular weight is 233 g/mol. The first-order valence-electron chi connectivity index (χ1n) is 6.59. The Bertz CT molecular complexity index is 389. The Morgan fingerprint density at radius 1 is 0.824 bits per heavy atom. The molecule has 0 spiro atoms. The van der Waals surface area contributed by atoms with Crippen LogP contribution in [-0.2, 0) is 0 Å². The van der Waals surface area contributed by atoms with E-state index in [0.717, 1.165) is 6.54 Å². The second-order valence-corrected chi connectivity index (χ2v) is 5.29. The third kappa shape index (κ3) is 2.40. The highest BCUT2D eigenvalue weighted by Crippen LogP contribution is 2.32. The molecule has 0 amide bonds. The summed E-state index contributed by atoms with van der Waals surface area (Å²) in [5.41, 5.74) is 8.83. The molecular formula is C16H27N. The molecular weight excluding hydrogens is 206 g/mol. The fourth-order valence-electron chi connectivity index (χ4n) is 2.65. The highest BCUT2D eigenvalue weighted by Gasteiger charge is 2.19. The minimum Gasteiger partial charge on any atom is -0.300 e. The fraction of sp³-hybridized carbons (Fsp3) is 0.625. The van der Waals surface area contributed by atoms with Gasteiger partial charge in [-0.25, -0.2) is 0 Å². The lowest BCUT2D eigenvalue weighted by atomic mass is 9.86. The van der Waals surface area contributed by atoms with Crippen molar-refractivity contribution < 1.29 is 0 Å². The van der Waals surface area contributed by atoms with Crippen LogP contribution in [0.2, 0.25) is 0 Å². The van der Waals surface area contributed by atoms with E-state index in [1.54, 1.807) is 0 Å². The van der Waals surface area contributed by atoms with Crippen molar-refractivity contribution in [2.45, 2.75) is 54.5 Å². The maximum Gasteiger partial charge on any atom is 0.0322 e. The third-order valence-corrected chi connectivity index (χ3v) is 4.64. The molecule has 0 fully saturated rings. The van der Waals surface area contributed by atoms with Crippen molar-refractivity contribution in [2.75, 3.05) is 13.6 Å². The van der Waals surface area contributed by atoms with E-state index < -0.39 is 0 Å². The van der Waals surface area contributed by atoms with Crippen LogP contribution in [0.5, 0.6) is 0 Å². The van der Waals surface area contributed by atoms with Gasteiger partial charge in [-0.05, 0) is 88.5 Å². The number of hydrogen-bond acceptors (Lipinski definition) is 1. The molecule has 0 N–H and O–H groups in total. The standard InChI is InChI=1S/C16H27N/c1-9-17(8)15(7)16-13(5)11(3)10(2)12(4)14(16)6/h15H,9H2,1-8H3. The second kappa shape index (κ2) is 5.22. The Hall–Kier alpha value is -0.820. The summed E-state index contributed by atoms with van der Waals surface area (Å²) in [4.78, 5) is 2.41. The van der Waals surface area contributed by atoms with Gasteiger partial charge in [-0.2, -0.15) is 0 Å². The summed E-state index contributed by atoms with van der Waals surface area (Å²) in [7, 11) is 2.20. The predicted octanol–water partition coefficient (Wildman–Crippen LogP) is 4.24. The summed E-state index contributed by atoms with van der Waals surface area (Å²) < 4.78 is 0. The van der Waals surface area contributed by atoms with Crippen LogP contribution < -0.4 is 0 Å². The van der Waals surface area contributed by atoms with Crippen LogP contribution in [0.25, 0.3) is 0 Å². The summed E-state index contributed by atoms with van der Waals surface area (Å²) in [5.74, 6) is 0. The van der Waals surface area contributed by atoms with Gasteiger partial charge in [0, 0.05) is 6.04 Å². The summed E-state index contributed by atoms with van der Waals surface area (Å²) in [5, 5.41) is 0. The van der Waals surface area contributed by atoms with Crippen LogP contribution in [0.3, 0.4) is 0 Å². The van der Waals surface area contributed by atoms with Crippen molar-refractivity contribution in [3.8, 4) is 0 Å². The average Bonchev–Trinajstić information content (AvgIpc) is 2.32. The van der Waals surface area contributed by atoms with Crippen molar-refractivity contribution >= 4 is 0 Å². The molecule has 1 atom stereocenters. The first kappa shape index (κ1) is 14.2. The lowest BCUT2D eigenvalue weighted by Crippen LogP contribution is -2.24. The van der Waals surface area contributed by atoms with Gasteiger partial charge in [0.2, 0.25) is 0 Å². The van der Waals surface area contributed by atoms with E-state index in [2.05, 4.69) is 60.4 Å². The van der Waals surface area contributed by atoms with Crippen molar-refractivity contribution in [3.63, 3.8) is 0 Å². The molecule has 1 nitrogen and oxygen atoms in total.